The summed E-state index contributed by atoms with van der Waals surface area (Å²) >= 11 is 0. The molecule has 0 aliphatic carbocycles. The summed E-state index contributed by atoms with van der Waals surface area (Å²) in [5.74, 6) is -0.789. The van der Waals surface area contributed by atoms with E-state index in [-0.39, 0.29) is 5.56 Å². The van der Waals surface area contributed by atoms with Crippen LogP contribution in [0.2, 0.25) is 0 Å². The number of amides is 1. The minimum Gasteiger partial charge on any atom is -0.497 e. The van der Waals surface area contributed by atoms with Crippen LogP contribution in [0.3, 0.4) is 0 Å². The molecule has 0 saturated heterocycles. The second kappa shape index (κ2) is 5.74. The molecule has 0 aliphatic rings. The van der Waals surface area contributed by atoms with Crippen molar-refractivity contribution in [3.05, 3.63) is 23.8 Å². The number of hydrogen-bond donors (Lipinski definition) is 2. The second-order valence-corrected chi connectivity index (χ2v) is 3.14. The molecular weight excluding hydrogens is 226 g/mol. The highest BCUT2D eigenvalue weighted by atomic mass is 16.5. The quantitative estimate of drug-likeness (QED) is 0.782. The number of carboxylic acids is 1. The Balaban J connectivity index is 2.93. The first-order valence-corrected chi connectivity index (χ1v) is 4.80. The molecule has 0 aliphatic heterocycles. The second-order valence-electron chi connectivity index (χ2n) is 3.14. The molecule has 0 spiro atoms. The molecule has 0 fully saturated rings. The number of hydrogen-bond acceptors (Lipinski definition) is 4. The van der Waals surface area contributed by atoms with Crippen LogP contribution in [-0.2, 0) is 4.79 Å². The molecule has 6 nitrogen and oxygen atoms in total. The molecule has 17 heavy (non-hydrogen) atoms. The lowest BCUT2D eigenvalue weighted by Gasteiger charge is -2.09. The molecule has 0 heterocycles. The molecule has 0 radical (unpaired) electrons. The summed E-state index contributed by atoms with van der Waals surface area (Å²) in [5.41, 5.74) is 0.230. The summed E-state index contributed by atoms with van der Waals surface area (Å²) in [4.78, 5) is 22.0. The summed E-state index contributed by atoms with van der Waals surface area (Å²) < 4.78 is 9.99. The number of carbonyl (C=O) groups excluding carboxylic acids is 1. The Morgan fingerprint density at radius 1 is 1.29 bits per heavy atom. The van der Waals surface area contributed by atoms with E-state index in [1.54, 1.807) is 12.1 Å². The Morgan fingerprint density at radius 2 is 2.00 bits per heavy atom. The number of nitrogens with one attached hydrogen (secondary N) is 1. The fourth-order valence-corrected chi connectivity index (χ4v) is 1.24. The molecule has 0 bridgehead atoms. The van der Waals surface area contributed by atoms with E-state index in [2.05, 4.69) is 5.32 Å². The first-order valence-electron chi connectivity index (χ1n) is 4.80. The van der Waals surface area contributed by atoms with Crippen molar-refractivity contribution in [2.45, 2.75) is 0 Å². The van der Waals surface area contributed by atoms with Crippen molar-refractivity contribution in [1.29, 1.82) is 0 Å². The molecular formula is C11H13NO5. The highest BCUT2D eigenvalue weighted by molar-refractivity contribution is 5.98. The fourth-order valence-electron chi connectivity index (χ4n) is 1.24. The molecule has 0 aromatic heterocycles. The Kier molecular flexibility index (Phi) is 4.33. The van der Waals surface area contributed by atoms with Crippen molar-refractivity contribution in [2.75, 3.05) is 20.8 Å². The van der Waals surface area contributed by atoms with Crippen molar-refractivity contribution in [3.8, 4) is 11.5 Å². The third-order valence-electron chi connectivity index (χ3n) is 2.05. The van der Waals surface area contributed by atoms with Crippen LogP contribution in [0.5, 0.6) is 11.5 Å². The zero-order valence-electron chi connectivity index (χ0n) is 9.52. The van der Waals surface area contributed by atoms with Gasteiger partial charge in [0.1, 0.15) is 18.0 Å². The Hall–Kier alpha value is -2.24. The topological polar surface area (TPSA) is 84.9 Å². The summed E-state index contributed by atoms with van der Waals surface area (Å²) in [5, 5.41) is 10.7. The van der Waals surface area contributed by atoms with Crippen LogP contribution in [0.1, 0.15) is 10.4 Å². The van der Waals surface area contributed by atoms with Gasteiger partial charge in [-0.25, -0.2) is 0 Å². The molecule has 1 amide bonds. The third-order valence-corrected chi connectivity index (χ3v) is 2.05. The monoisotopic (exact) mass is 239 g/mol. The van der Waals surface area contributed by atoms with Gasteiger partial charge >= 0.3 is 5.97 Å². The number of carbonyl (C=O) groups is 2. The number of ether oxygens (including phenoxy) is 2. The van der Waals surface area contributed by atoms with Crippen LogP contribution in [0.4, 0.5) is 0 Å². The van der Waals surface area contributed by atoms with E-state index >= 15 is 0 Å². The average molecular weight is 239 g/mol. The Labute approximate surface area is 98.2 Å². The molecule has 0 saturated carbocycles. The van der Waals surface area contributed by atoms with Gasteiger partial charge in [0, 0.05) is 0 Å². The SMILES string of the molecule is COc1ccc(OC)c(C(=O)NCC(=O)O)c1. The number of carboxylic acid groups (broad SMARTS) is 1. The van der Waals surface area contributed by atoms with Gasteiger partial charge in [-0.2, -0.15) is 0 Å². The van der Waals surface area contributed by atoms with Gasteiger partial charge < -0.3 is 19.9 Å². The van der Waals surface area contributed by atoms with Gasteiger partial charge in [-0.15, -0.1) is 0 Å². The average Bonchev–Trinajstić information content (AvgIpc) is 2.34. The molecule has 2 N–H and O–H groups in total. The van der Waals surface area contributed by atoms with Crippen LogP contribution in [0.25, 0.3) is 0 Å². The van der Waals surface area contributed by atoms with Gasteiger partial charge in [-0.3, -0.25) is 9.59 Å². The summed E-state index contributed by atoms with van der Waals surface area (Å²) in [6, 6.07) is 4.71. The first-order chi connectivity index (χ1) is 8.08. The van der Waals surface area contributed by atoms with Crippen LogP contribution >= 0.6 is 0 Å². The van der Waals surface area contributed by atoms with Crippen molar-refractivity contribution in [3.63, 3.8) is 0 Å². The van der Waals surface area contributed by atoms with E-state index in [1.165, 1.54) is 20.3 Å². The molecule has 6 heteroatoms. The first kappa shape index (κ1) is 12.8. The van der Waals surface area contributed by atoms with Gasteiger partial charge in [0.2, 0.25) is 0 Å². The molecule has 0 unspecified atom stereocenters. The number of aliphatic carboxylic acids is 1. The maximum absolute atomic E-state index is 11.7. The van der Waals surface area contributed by atoms with Gasteiger partial charge in [-0.05, 0) is 18.2 Å². The molecule has 1 aromatic carbocycles. The summed E-state index contributed by atoms with van der Waals surface area (Å²) in [6.07, 6.45) is 0. The summed E-state index contributed by atoms with van der Waals surface area (Å²) in [6.45, 7) is -0.445. The van der Waals surface area contributed by atoms with Crippen LogP contribution < -0.4 is 14.8 Å². The third kappa shape index (κ3) is 3.37. The Bertz CT molecular complexity index is 430. The van der Waals surface area contributed by atoms with Crippen molar-refractivity contribution in [1.82, 2.24) is 5.32 Å². The minimum absolute atomic E-state index is 0.230. The van der Waals surface area contributed by atoms with Gasteiger partial charge in [0.25, 0.3) is 5.91 Å². The van der Waals surface area contributed by atoms with Gasteiger partial charge in [0.15, 0.2) is 0 Å². The molecule has 1 aromatic rings. The standard InChI is InChI=1S/C11H13NO5/c1-16-7-3-4-9(17-2)8(5-7)11(15)12-6-10(13)14/h3-5H,6H2,1-2H3,(H,12,15)(H,13,14). The smallest absolute Gasteiger partial charge is 0.322 e. The van der Waals surface area contributed by atoms with Gasteiger partial charge in [0.05, 0.1) is 19.8 Å². The van der Waals surface area contributed by atoms with E-state index in [0.717, 1.165) is 0 Å². The lowest BCUT2D eigenvalue weighted by Crippen LogP contribution is -2.29. The van der Waals surface area contributed by atoms with Gasteiger partial charge in [-0.1, -0.05) is 0 Å². The lowest BCUT2D eigenvalue weighted by atomic mass is 10.1. The zero-order valence-corrected chi connectivity index (χ0v) is 9.52. The predicted molar refractivity (Wildman–Crippen MR) is 59.5 cm³/mol. The molecule has 1 rings (SSSR count). The van der Waals surface area contributed by atoms with Crippen LogP contribution in [-0.4, -0.2) is 37.7 Å². The van der Waals surface area contributed by atoms with Crippen molar-refractivity contribution in [2.24, 2.45) is 0 Å². The maximum Gasteiger partial charge on any atom is 0.322 e. The maximum atomic E-state index is 11.7. The summed E-state index contributed by atoms with van der Waals surface area (Å²) in [7, 11) is 2.90. The zero-order chi connectivity index (χ0) is 12.8. The van der Waals surface area contributed by atoms with Crippen molar-refractivity contribution < 1.29 is 24.2 Å². The van der Waals surface area contributed by atoms with Crippen LogP contribution in [0.15, 0.2) is 18.2 Å². The number of methoxy groups -OCH3 is 2. The molecule has 0 atom stereocenters. The molecule has 92 valence electrons. The van der Waals surface area contributed by atoms with E-state index in [4.69, 9.17) is 14.6 Å². The predicted octanol–water partition coefficient (Wildman–Crippen LogP) is 0.518. The largest absolute Gasteiger partial charge is 0.497 e. The number of rotatable bonds is 5. The number of benzene rings is 1. The normalized spacial score (nSPS) is 9.53. The minimum atomic E-state index is -1.11. The highest BCUT2D eigenvalue weighted by Gasteiger charge is 2.14. The Morgan fingerprint density at radius 3 is 2.53 bits per heavy atom. The lowest BCUT2D eigenvalue weighted by molar-refractivity contribution is -0.135. The van der Waals surface area contributed by atoms with E-state index in [0.29, 0.717) is 11.5 Å². The van der Waals surface area contributed by atoms with E-state index in [9.17, 15) is 9.59 Å². The highest BCUT2D eigenvalue weighted by Crippen LogP contribution is 2.23. The fraction of sp³-hybridized carbons (Fsp3) is 0.273. The van der Waals surface area contributed by atoms with E-state index < -0.39 is 18.4 Å². The van der Waals surface area contributed by atoms with E-state index in [1.807, 2.05) is 0 Å². The van der Waals surface area contributed by atoms with Crippen LogP contribution in [0, 0.1) is 0 Å². The van der Waals surface area contributed by atoms with Crippen molar-refractivity contribution >= 4 is 11.9 Å².